The van der Waals surface area contributed by atoms with Crippen molar-refractivity contribution in [1.29, 1.82) is 0 Å². The molecule has 0 radical (unpaired) electrons. The van der Waals surface area contributed by atoms with Crippen LogP contribution in [0.3, 0.4) is 0 Å². The van der Waals surface area contributed by atoms with Crippen LogP contribution in [0.5, 0.6) is 0 Å². The van der Waals surface area contributed by atoms with Crippen molar-refractivity contribution in [2.75, 3.05) is 0 Å². The molecule has 0 atom stereocenters. The third-order valence-corrected chi connectivity index (χ3v) is 14.0. The van der Waals surface area contributed by atoms with E-state index in [1.807, 2.05) is 0 Å². The first-order valence-corrected chi connectivity index (χ1v) is 19.3. The summed E-state index contributed by atoms with van der Waals surface area (Å²) in [5.74, 6) is 0. The maximum Gasteiger partial charge on any atom is 0.142 e. The Balaban J connectivity index is 1.64. The highest BCUT2D eigenvalue weighted by Gasteiger charge is 2.28. The van der Waals surface area contributed by atoms with E-state index in [4.69, 9.17) is 0 Å². The predicted molar refractivity (Wildman–Crippen MR) is 283 cm³/mol. The first kappa shape index (κ1) is 35.9. The quantitative estimate of drug-likeness (QED) is 0.167. The molecule has 0 aliphatic heterocycles. The maximum atomic E-state index is 2.70. The Kier molecular flexibility index (Phi) is 8.45. The molecular formula is C36H39B15N2. The van der Waals surface area contributed by atoms with Gasteiger partial charge in [-0.05, 0) is 39.4 Å². The first-order chi connectivity index (χ1) is 25.1. The van der Waals surface area contributed by atoms with E-state index < -0.39 is 0 Å². The molecule has 0 unspecified atom stereocenters. The molecule has 2 nitrogen and oxygen atoms in total. The third kappa shape index (κ3) is 4.74. The molecule has 8 aromatic rings. The van der Waals surface area contributed by atoms with Crippen LogP contribution in [0, 0.1) is 0 Å². The van der Waals surface area contributed by atoms with Crippen LogP contribution in [0.1, 0.15) is 0 Å². The molecule has 0 spiro atoms. The predicted octanol–water partition coefficient (Wildman–Crippen LogP) is -16.6. The molecule has 17 heteroatoms. The zero-order valence-electron chi connectivity index (χ0n) is 34.6. The fourth-order valence-corrected chi connectivity index (χ4v) is 9.84. The van der Waals surface area contributed by atoms with Gasteiger partial charge >= 0.3 is 0 Å². The SMILES string of the molecule is Bc1c(B)c(B)c2c(c1B)c1c(B)c(-n3c4c(B)c(B)c(B)c(B)c4c4c(B)c(B)c(B)c(B)c43)c(B)c(B)c1n2-c1cccc(-c2ccccc2)c1. The van der Waals surface area contributed by atoms with Crippen molar-refractivity contribution in [3.05, 3.63) is 54.6 Å². The zero-order chi connectivity index (χ0) is 38.1. The van der Waals surface area contributed by atoms with Crippen LogP contribution in [0.25, 0.3) is 66.1 Å². The van der Waals surface area contributed by atoms with Gasteiger partial charge in [0.05, 0.1) is 0 Å². The van der Waals surface area contributed by atoms with E-state index in [1.165, 1.54) is 148 Å². The van der Waals surface area contributed by atoms with Crippen molar-refractivity contribution in [3.8, 4) is 22.5 Å². The van der Waals surface area contributed by atoms with E-state index in [0.717, 1.165) is 0 Å². The monoisotopic (exact) mass is 664 g/mol. The average Bonchev–Trinajstić information content (AvgIpc) is 3.71. The molecule has 0 saturated carbocycles. The van der Waals surface area contributed by atoms with Crippen molar-refractivity contribution in [3.63, 3.8) is 0 Å². The lowest BCUT2D eigenvalue weighted by Gasteiger charge is -2.23. The second kappa shape index (κ2) is 12.5. The number of aromatic nitrogens is 2. The number of hydrogen-bond donors (Lipinski definition) is 0. The normalized spacial score (nSPS) is 11.8. The van der Waals surface area contributed by atoms with Gasteiger partial charge < -0.3 is 9.13 Å². The molecule has 53 heavy (non-hydrogen) atoms. The second-order valence-electron chi connectivity index (χ2n) is 16.2. The average molecular weight is 662 g/mol. The van der Waals surface area contributed by atoms with E-state index in [0.29, 0.717) is 0 Å². The highest BCUT2D eigenvalue weighted by molar-refractivity contribution is 6.73. The van der Waals surface area contributed by atoms with E-state index in [2.05, 4.69) is 181 Å². The second-order valence-corrected chi connectivity index (χ2v) is 16.2. The van der Waals surface area contributed by atoms with E-state index >= 15 is 0 Å². The number of rotatable bonds is 3. The number of nitrogens with zero attached hydrogens (tertiary/aromatic N) is 2. The molecule has 2 aromatic heterocycles. The molecule has 8 rings (SSSR count). The topological polar surface area (TPSA) is 9.86 Å². The van der Waals surface area contributed by atoms with Gasteiger partial charge in [0, 0.05) is 38.8 Å². The standard InChI is InChI=1S/C36H39B15N2/c37-17-13-14-18(38)22(42)26(46)29(49)35(14)53(34(13)28(48)25(45)21(17)41)36-20(40)16-15-19(39)23(43)24(44)27(47)32(15)52(33(16)30(50)31(36)51)12-8-4-7-11(9-12)10-5-2-1-3-6-10/h1-9H,37-51H2. The Morgan fingerprint density at radius 3 is 1.09 bits per heavy atom. The van der Waals surface area contributed by atoms with Gasteiger partial charge in [-0.2, -0.15) is 0 Å². The molecule has 0 bridgehead atoms. The smallest absolute Gasteiger partial charge is 0.142 e. The fourth-order valence-electron chi connectivity index (χ4n) is 9.84. The number of fused-ring (bicyclic) bond motifs is 6. The molecule has 238 valence electrons. The summed E-state index contributed by atoms with van der Waals surface area (Å²) in [6.07, 6.45) is 0. The van der Waals surface area contributed by atoms with Crippen molar-refractivity contribution >= 4 is 243 Å². The molecule has 0 fully saturated rings. The van der Waals surface area contributed by atoms with Crippen LogP contribution in [-0.2, 0) is 0 Å². The summed E-state index contributed by atoms with van der Waals surface area (Å²) in [7, 11) is 35.1. The van der Waals surface area contributed by atoms with Gasteiger partial charge in [0.2, 0.25) is 0 Å². The molecule has 0 saturated heterocycles. The molecule has 0 aliphatic rings. The van der Waals surface area contributed by atoms with Gasteiger partial charge in [0.15, 0.2) is 0 Å². The lowest BCUT2D eigenvalue weighted by atomic mass is 9.63. The summed E-state index contributed by atoms with van der Waals surface area (Å²) in [4.78, 5) is 0. The van der Waals surface area contributed by atoms with Crippen molar-refractivity contribution in [2.24, 2.45) is 0 Å². The van der Waals surface area contributed by atoms with Gasteiger partial charge in [-0.3, -0.25) is 0 Å². The summed E-state index contributed by atoms with van der Waals surface area (Å²) >= 11 is 0. The summed E-state index contributed by atoms with van der Waals surface area (Å²) in [6.45, 7) is 0. The third-order valence-electron chi connectivity index (χ3n) is 14.0. The minimum atomic E-state index is 1.21. The van der Waals surface area contributed by atoms with Crippen LogP contribution < -0.4 is 81.9 Å². The molecular weight excluding hydrogens is 623 g/mol. The van der Waals surface area contributed by atoms with Gasteiger partial charge in [-0.1, -0.05) is 108 Å². The molecule has 0 aliphatic carbocycles. The highest BCUT2D eigenvalue weighted by Crippen LogP contribution is 2.32. The molecule has 2 heterocycles. The lowest BCUT2D eigenvalue weighted by Crippen LogP contribution is -2.49. The lowest BCUT2D eigenvalue weighted by molar-refractivity contribution is 1.19. The van der Waals surface area contributed by atoms with Crippen molar-refractivity contribution in [2.45, 2.75) is 0 Å². The highest BCUT2D eigenvalue weighted by atomic mass is 15.0. The van der Waals surface area contributed by atoms with Gasteiger partial charge in [-0.25, -0.2) is 0 Å². The Morgan fingerprint density at radius 2 is 0.642 bits per heavy atom. The Hall–Kier alpha value is -4.11. The van der Waals surface area contributed by atoms with Gasteiger partial charge in [0.1, 0.15) is 118 Å². The van der Waals surface area contributed by atoms with E-state index in [-0.39, 0.29) is 0 Å². The van der Waals surface area contributed by atoms with Crippen LogP contribution in [-0.4, -0.2) is 127 Å². The van der Waals surface area contributed by atoms with Crippen LogP contribution in [0.15, 0.2) is 54.6 Å². The molecule has 0 amide bonds. The first-order valence-electron chi connectivity index (χ1n) is 19.3. The van der Waals surface area contributed by atoms with Gasteiger partial charge in [-0.15, -0.1) is 16.4 Å². The minimum Gasteiger partial charge on any atom is -0.312 e. The van der Waals surface area contributed by atoms with Crippen LogP contribution in [0.4, 0.5) is 0 Å². The summed E-state index contributed by atoms with van der Waals surface area (Å²) in [6, 6.07) is 19.9. The van der Waals surface area contributed by atoms with Gasteiger partial charge in [0.25, 0.3) is 0 Å². The summed E-state index contributed by atoms with van der Waals surface area (Å²) in [5.41, 5.74) is 31.1. The van der Waals surface area contributed by atoms with Crippen molar-refractivity contribution < 1.29 is 0 Å². The zero-order valence-corrected chi connectivity index (χ0v) is 34.6. The van der Waals surface area contributed by atoms with Crippen molar-refractivity contribution in [1.82, 2.24) is 9.13 Å². The van der Waals surface area contributed by atoms with E-state index in [9.17, 15) is 0 Å². The largest absolute Gasteiger partial charge is 0.312 e. The maximum absolute atomic E-state index is 2.70. The van der Waals surface area contributed by atoms with Crippen LogP contribution >= 0.6 is 0 Å². The molecule has 6 aromatic carbocycles. The Labute approximate surface area is 327 Å². The minimum absolute atomic E-state index is 1.21. The van der Waals surface area contributed by atoms with Crippen LogP contribution in [0.2, 0.25) is 0 Å². The van der Waals surface area contributed by atoms with E-state index in [1.54, 1.807) is 0 Å². The fraction of sp³-hybridized carbons (Fsp3) is 0. The summed E-state index contributed by atoms with van der Waals surface area (Å²) in [5, 5.41) is 5.59. The summed E-state index contributed by atoms with van der Waals surface area (Å²) < 4.78 is 5.30. The number of benzene rings is 6. The number of hydrogen-bond acceptors (Lipinski definition) is 0. The Bertz CT molecular complexity index is 2870. The Morgan fingerprint density at radius 1 is 0.283 bits per heavy atom. The molecule has 0 N–H and O–H groups in total.